The topological polar surface area (TPSA) is 37.3 Å². The van der Waals surface area contributed by atoms with E-state index < -0.39 is 58.6 Å². The number of carboxylic acid groups (broad SMARTS) is 1. The number of hydrogen-bond acceptors (Lipinski definition) is 2. The Balaban J connectivity index is 5.77. The Morgan fingerprint density at radius 1 is 0.778 bits per heavy atom. The van der Waals surface area contributed by atoms with Crippen LogP contribution in [0.25, 0.3) is 0 Å². The van der Waals surface area contributed by atoms with Crippen LogP contribution in [0.3, 0.4) is 0 Å². The lowest BCUT2D eigenvalue weighted by atomic mass is 9.93. The normalized spacial score (nSPS) is 16.4. The molecule has 162 valence electrons. The lowest BCUT2D eigenvalue weighted by molar-refractivity contribution is -0.439. The highest BCUT2D eigenvalue weighted by Gasteiger charge is 2.90. The highest BCUT2D eigenvalue weighted by Crippen LogP contribution is 2.60. The van der Waals surface area contributed by atoms with Crippen LogP contribution >= 0.6 is 23.4 Å². The Hall–Kier alpha value is -0.800. The average molecular weight is 473 g/mol. The SMILES string of the molecule is O=C(O)C(Cl)SCCC(F)(F)C(F)(F)C(F)(F)C(F)(F)C(F)(F)C(F)(F)F. The monoisotopic (exact) mass is 472 g/mol. The lowest BCUT2D eigenvalue weighted by Crippen LogP contribution is -2.70. The van der Waals surface area contributed by atoms with E-state index in [1.165, 1.54) is 0 Å². The first-order valence-electron chi connectivity index (χ1n) is 6.02. The Labute approximate surface area is 150 Å². The molecule has 1 N–H and O–H groups in total. The summed E-state index contributed by atoms with van der Waals surface area (Å²) >= 11 is 4.72. The number of alkyl halides is 14. The summed E-state index contributed by atoms with van der Waals surface area (Å²) in [6.45, 7) is 0. The molecule has 0 aromatic heterocycles. The van der Waals surface area contributed by atoms with Gasteiger partial charge in [-0.05, 0) is 0 Å². The molecule has 0 saturated carbocycles. The second kappa shape index (κ2) is 7.55. The van der Waals surface area contributed by atoms with Crippen LogP contribution in [0.15, 0.2) is 0 Å². The molecule has 0 spiro atoms. The molecule has 0 aliphatic rings. The quantitative estimate of drug-likeness (QED) is 0.356. The van der Waals surface area contributed by atoms with Gasteiger partial charge in [0.1, 0.15) is 0 Å². The molecule has 0 heterocycles. The van der Waals surface area contributed by atoms with Crippen LogP contribution < -0.4 is 0 Å². The number of hydrogen-bond donors (Lipinski definition) is 1. The highest BCUT2D eigenvalue weighted by atomic mass is 35.5. The summed E-state index contributed by atoms with van der Waals surface area (Å²) in [4.78, 5) is 10.2. The van der Waals surface area contributed by atoms with Gasteiger partial charge in [-0.1, -0.05) is 11.6 Å². The molecule has 0 rings (SSSR count). The molecule has 0 fully saturated rings. The molecule has 27 heavy (non-hydrogen) atoms. The molecule has 1 unspecified atom stereocenters. The Morgan fingerprint density at radius 2 is 1.15 bits per heavy atom. The van der Waals surface area contributed by atoms with E-state index >= 15 is 0 Å². The first kappa shape index (κ1) is 26.2. The van der Waals surface area contributed by atoms with Gasteiger partial charge in [0.25, 0.3) is 0 Å². The van der Waals surface area contributed by atoms with Crippen LogP contribution in [0, 0.1) is 0 Å². The maximum atomic E-state index is 13.3. The van der Waals surface area contributed by atoms with E-state index in [-0.39, 0.29) is 11.8 Å². The molecule has 0 aromatic carbocycles. The summed E-state index contributed by atoms with van der Waals surface area (Å²) in [5, 5.41) is 8.28. The minimum Gasteiger partial charge on any atom is -0.480 e. The molecule has 17 heteroatoms. The van der Waals surface area contributed by atoms with E-state index in [0.29, 0.717) is 0 Å². The van der Waals surface area contributed by atoms with E-state index in [1.807, 2.05) is 0 Å². The summed E-state index contributed by atoms with van der Waals surface area (Å²) in [5.74, 6) is -40.5. The summed E-state index contributed by atoms with van der Waals surface area (Å²) in [5.41, 5.74) is 0. The van der Waals surface area contributed by atoms with Gasteiger partial charge in [0.2, 0.25) is 0 Å². The van der Waals surface area contributed by atoms with Crippen molar-refractivity contribution in [1.29, 1.82) is 0 Å². The minimum absolute atomic E-state index is 0.253. The number of halogens is 14. The fourth-order valence-corrected chi connectivity index (χ4v) is 2.31. The van der Waals surface area contributed by atoms with E-state index in [1.54, 1.807) is 0 Å². The first-order valence-corrected chi connectivity index (χ1v) is 7.50. The molecule has 0 aliphatic carbocycles. The molecular weight excluding hydrogens is 467 g/mol. The molecular formula is C10H6ClF13O2S. The number of rotatable bonds is 9. The maximum Gasteiger partial charge on any atom is 0.460 e. The molecule has 2 nitrogen and oxygen atoms in total. The van der Waals surface area contributed by atoms with Gasteiger partial charge in [-0.3, -0.25) is 0 Å². The molecule has 0 saturated heterocycles. The van der Waals surface area contributed by atoms with Crippen LogP contribution in [0.4, 0.5) is 57.1 Å². The number of carboxylic acids is 1. The molecule has 0 aliphatic heterocycles. The van der Waals surface area contributed by atoms with Crippen LogP contribution in [-0.4, -0.2) is 57.3 Å². The van der Waals surface area contributed by atoms with Crippen molar-refractivity contribution in [2.45, 2.75) is 46.9 Å². The van der Waals surface area contributed by atoms with Crippen molar-refractivity contribution in [3.05, 3.63) is 0 Å². The second-order valence-corrected chi connectivity index (χ2v) is 6.68. The van der Waals surface area contributed by atoms with E-state index in [4.69, 9.17) is 16.7 Å². The van der Waals surface area contributed by atoms with Crippen molar-refractivity contribution in [2.24, 2.45) is 0 Å². The number of aliphatic carboxylic acids is 1. The zero-order valence-corrected chi connectivity index (χ0v) is 13.6. The zero-order chi connectivity index (χ0) is 22.3. The fourth-order valence-electron chi connectivity index (χ4n) is 1.32. The summed E-state index contributed by atoms with van der Waals surface area (Å²) in [6, 6.07) is 0. The third kappa shape index (κ3) is 4.45. The van der Waals surface area contributed by atoms with Crippen LogP contribution in [0.5, 0.6) is 0 Å². The molecule has 0 aromatic rings. The minimum atomic E-state index is -7.95. The van der Waals surface area contributed by atoms with Crippen LogP contribution in [-0.2, 0) is 4.79 Å². The van der Waals surface area contributed by atoms with E-state index in [0.717, 1.165) is 0 Å². The zero-order valence-electron chi connectivity index (χ0n) is 12.0. The van der Waals surface area contributed by atoms with Crippen LogP contribution in [0.2, 0.25) is 0 Å². The molecule has 0 bridgehead atoms. The van der Waals surface area contributed by atoms with Gasteiger partial charge in [-0.15, -0.1) is 11.8 Å². The van der Waals surface area contributed by atoms with Crippen molar-refractivity contribution in [3.63, 3.8) is 0 Å². The standard InChI is InChI=1S/C10H6ClF13O2S/c11-3(4(25)26)27-2-1-5(12,13)6(14,15)7(16,17)8(18,19)9(20,21)10(22,23)24/h3H,1-2H2,(H,25,26). The summed E-state index contributed by atoms with van der Waals surface area (Å²) < 4.78 is 164. The molecule has 0 amide bonds. The van der Waals surface area contributed by atoms with Crippen molar-refractivity contribution < 1.29 is 67.0 Å². The van der Waals surface area contributed by atoms with Crippen molar-refractivity contribution >= 4 is 29.3 Å². The van der Waals surface area contributed by atoms with Gasteiger partial charge in [0.15, 0.2) is 4.71 Å². The van der Waals surface area contributed by atoms with Gasteiger partial charge in [0, 0.05) is 12.2 Å². The predicted octanol–water partition coefficient (Wildman–Crippen LogP) is 5.50. The largest absolute Gasteiger partial charge is 0.480 e. The number of thioether (sulfide) groups is 1. The second-order valence-electron chi connectivity index (χ2n) is 4.77. The maximum absolute atomic E-state index is 13.3. The van der Waals surface area contributed by atoms with Gasteiger partial charge in [0.05, 0.1) is 0 Å². The van der Waals surface area contributed by atoms with Crippen molar-refractivity contribution in [1.82, 2.24) is 0 Å². The van der Waals surface area contributed by atoms with Crippen molar-refractivity contribution in [2.75, 3.05) is 5.75 Å². The smallest absolute Gasteiger partial charge is 0.460 e. The third-order valence-electron chi connectivity index (χ3n) is 2.87. The van der Waals surface area contributed by atoms with Gasteiger partial charge in [-0.25, -0.2) is 4.79 Å². The van der Waals surface area contributed by atoms with E-state index in [2.05, 4.69) is 0 Å². The van der Waals surface area contributed by atoms with E-state index in [9.17, 15) is 61.9 Å². The molecule has 0 radical (unpaired) electrons. The first-order chi connectivity index (χ1) is 11.6. The average Bonchev–Trinajstić information content (AvgIpc) is 2.44. The highest BCUT2D eigenvalue weighted by molar-refractivity contribution is 8.01. The van der Waals surface area contributed by atoms with Gasteiger partial charge < -0.3 is 5.11 Å². The number of carbonyl (C=O) groups is 1. The third-order valence-corrected chi connectivity index (χ3v) is 4.37. The van der Waals surface area contributed by atoms with Gasteiger partial charge >= 0.3 is 41.8 Å². The van der Waals surface area contributed by atoms with Crippen molar-refractivity contribution in [3.8, 4) is 0 Å². The fraction of sp³-hybridized carbons (Fsp3) is 0.900. The van der Waals surface area contributed by atoms with Crippen LogP contribution in [0.1, 0.15) is 6.42 Å². The predicted molar refractivity (Wildman–Crippen MR) is 65.1 cm³/mol. The Kier molecular flexibility index (Phi) is 7.33. The lowest BCUT2D eigenvalue weighted by Gasteiger charge is -2.39. The van der Waals surface area contributed by atoms with Gasteiger partial charge in [-0.2, -0.15) is 57.1 Å². The summed E-state index contributed by atoms with van der Waals surface area (Å²) in [7, 11) is 0. The molecule has 1 atom stereocenters. The summed E-state index contributed by atoms with van der Waals surface area (Å²) in [6.07, 6.45) is -9.96. The Morgan fingerprint density at radius 3 is 1.48 bits per heavy atom. The Bertz CT molecular complexity index is 548.